The fourth-order valence-corrected chi connectivity index (χ4v) is 3.33. The molecule has 0 aliphatic heterocycles. The first-order valence-corrected chi connectivity index (χ1v) is 12.4. The van der Waals surface area contributed by atoms with E-state index < -0.39 is 14.4 Å². The third kappa shape index (κ3) is 9.22. The fourth-order valence-electron chi connectivity index (χ4n) is 2.25. The van der Waals surface area contributed by atoms with Crippen LogP contribution in [0.25, 0.3) is 0 Å². The lowest BCUT2D eigenvalue weighted by atomic mass is 10.1. The highest BCUT2D eigenvalue weighted by Crippen LogP contribution is 2.36. The van der Waals surface area contributed by atoms with Gasteiger partial charge in [0.15, 0.2) is 8.32 Å². The minimum atomic E-state index is -1.58. The Morgan fingerprint density at radius 2 is 1.80 bits per heavy atom. The lowest BCUT2D eigenvalue weighted by Crippen LogP contribution is -2.40. The highest BCUT2D eigenvalue weighted by molar-refractivity contribution is 6.74. The zero-order valence-corrected chi connectivity index (χ0v) is 17.7. The van der Waals surface area contributed by atoms with Crippen LogP contribution in [0.1, 0.15) is 52.0 Å². The smallest absolute Gasteiger partial charge is 0.191 e. The fraction of sp³-hybridized carbons (Fsp3) is 0.591. The van der Waals surface area contributed by atoms with Gasteiger partial charge in [-0.3, -0.25) is 0 Å². The SMILES string of the molecule is CC(C)(C)[Si](C)(C)OCCCCCC=C=CC(O)Cc1ccccc1. The van der Waals surface area contributed by atoms with E-state index in [1.165, 1.54) is 6.42 Å². The van der Waals surface area contributed by atoms with E-state index >= 15 is 0 Å². The Hall–Kier alpha value is -1.12. The van der Waals surface area contributed by atoms with Crippen LogP contribution in [0.15, 0.2) is 48.2 Å². The minimum absolute atomic E-state index is 0.293. The first-order chi connectivity index (χ1) is 11.7. The maximum Gasteiger partial charge on any atom is 0.191 e. The molecule has 0 fully saturated rings. The summed E-state index contributed by atoms with van der Waals surface area (Å²) in [6, 6.07) is 10.1. The average Bonchev–Trinajstić information content (AvgIpc) is 2.53. The molecule has 0 heterocycles. The van der Waals surface area contributed by atoms with Gasteiger partial charge in [0.05, 0.1) is 6.10 Å². The van der Waals surface area contributed by atoms with Gasteiger partial charge >= 0.3 is 0 Å². The number of unbranched alkanes of at least 4 members (excludes halogenated alkanes) is 3. The van der Waals surface area contributed by atoms with E-state index in [1.807, 2.05) is 36.4 Å². The number of aliphatic hydroxyl groups is 1. The van der Waals surface area contributed by atoms with Crippen LogP contribution in [-0.4, -0.2) is 26.1 Å². The summed E-state index contributed by atoms with van der Waals surface area (Å²) in [7, 11) is -1.58. The molecule has 0 amide bonds. The Labute approximate surface area is 155 Å². The van der Waals surface area contributed by atoms with E-state index in [0.29, 0.717) is 11.5 Å². The normalized spacial score (nSPS) is 13.2. The molecule has 2 nitrogen and oxygen atoms in total. The third-order valence-electron chi connectivity index (χ3n) is 4.96. The number of aliphatic hydroxyl groups excluding tert-OH is 1. The Morgan fingerprint density at radius 1 is 1.12 bits per heavy atom. The minimum Gasteiger partial charge on any atom is -0.417 e. The van der Waals surface area contributed by atoms with Gasteiger partial charge in [-0.2, -0.15) is 0 Å². The Balaban J connectivity index is 2.13. The van der Waals surface area contributed by atoms with Crippen molar-refractivity contribution in [2.24, 2.45) is 0 Å². The monoisotopic (exact) mass is 360 g/mol. The topological polar surface area (TPSA) is 29.5 Å². The van der Waals surface area contributed by atoms with Gasteiger partial charge in [-0.15, -0.1) is 5.73 Å². The van der Waals surface area contributed by atoms with Crippen molar-refractivity contribution in [2.75, 3.05) is 6.61 Å². The molecule has 0 saturated carbocycles. The quantitative estimate of drug-likeness (QED) is 0.320. The molecule has 0 spiro atoms. The van der Waals surface area contributed by atoms with Crippen LogP contribution in [0.4, 0.5) is 0 Å². The van der Waals surface area contributed by atoms with Gasteiger partial charge in [-0.05, 0) is 55.1 Å². The third-order valence-corrected chi connectivity index (χ3v) is 9.49. The number of rotatable bonds is 10. The van der Waals surface area contributed by atoms with Crippen molar-refractivity contribution in [1.82, 2.24) is 0 Å². The van der Waals surface area contributed by atoms with E-state index in [4.69, 9.17) is 4.43 Å². The van der Waals surface area contributed by atoms with Crippen molar-refractivity contribution in [3.05, 3.63) is 53.8 Å². The molecule has 0 bridgehead atoms. The maximum absolute atomic E-state index is 9.97. The molecular formula is C22H36O2Si. The zero-order valence-electron chi connectivity index (χ0n) is 16.7. The predicted octanol–water partition coefficient (Wildman–Crippen LogP) is 5.88. The van der Waals surface area contributed by atoms with E-state index in [0.717, 1.165) is 31.4 Å². The predicted molar refractivity (Wildman–Crippen MR) is 110 cm³/mol. The van der Waals surface area contributed by atoms with Gasteiger partial charge in [0.2, 0.25) is 0 Å². The van der Waals surface area contributed by atoms with Crippen LogP contribution in [0.3, 0.4) is 0 Å². The second-order valence-electron chi connectivity index (χ2n) is 8.25. The largest absolute Gasteiger partial charge is 0.417 e. The van der Waals surface area contributed by atoms with Gasteiger partial charge in [-0.25, -0.2) is 0 Å². The summed E-state index contributed by atoms with van der Waals surface area (Å²) in [6.45, 7) is 12.3. The van der Waals surface area contributed by atoms with Gasteiger partial charge in [0.25, 0.3) is 0 Å². The van der Waals surface area contributed by atoms with Gasteiger partial charge < -0.3 is 9.53 Å². The van der Waals surface area contributed by atoms with E-state index in [-0.39, 0.29) is 0 Å². The van der Waals surface area contributed by atoms with E-state index in [2.05, 4.69) is 39.6 Å². The average molecular weight is 361 g/mol. The van der Waals surface area contributed by atoms with Crippen molar-refractivity contribution in [3.63, 3.8) is 0 Å². The first kappa shape index (κ1) is 21.9. The molecule has 1 unspecified atom stereocenters. The van der Waals surface area contributed by atoms with Crippen molar-refractivity contribution >= 4 is 8.32 Å². The maximum atomic E-state index is 9.97. The zero-order chi connectivity index (χ0) is 18.8. The van der Waals surface area contributed by atoms with Crippen LogP contribution in [-0.2, 0) is 10.8 Å². The number of hydrogen-bond donors (Lipinski definition) is 1. The van der Waals surface area contributed by atoms with Crippen LogP contribution >= 0.6 is 0 Å². The highest BCUT2D eigenvalue weighted by atomic mass is 28.4. The van der Waals surface area contributed by atoms with Crippen molar-refractivity contribution in [2.45, 2.75) is 77.1 Å². The second kappa shape index (κ2) is 10.8. The van der Waals surface area contributed by atoms with Crippen molar-refractivity contribution in [1.29, 1.82) is 0 Å². The van der Waals surface area contributed by atoms with Crippen LogP contribution in [0.5, 0.6) is 0 Å². The highest BCUT2D eigenvalue weighted by Gasteiger charge is 2.36. The molecule has 1 N–H and O–H groups in total. The molecular weight excluding hydrogens is 324 g/mol. The molecule has 0 aliphatic carbocycles. The lowest BCUT2D eigenvalue weighted by molar-refractivity contribution is 0.224. The molecule has 0 aliphatic rings. The molecule has 140 valence electrons. The first-order valence-electron chi connectivity index (χ1n) is 9.49. The molecule has 1 aromatic carbocycles. The number of hydrogen-bond acceptors (Lipinski definition) is 2. The van der Waals surface area contributed by atoms with Crippen molar-refractivity contribution in [3.8, 4) is 0 Å². The molecule has 3 heteroatoms. The molecule has 1 rings (SSSR count). The molecule has 0 radical (unpaired) electrons. The number of benzene rings is 1. The van der Waals surface area contributed by atoms with Crippen LogP contribution < -0.4 is 0 Å². The molecule has 0 aromatic heterocycles. The van der Waals surface area contributed by atoms with Crippen LogP contribution in [0, 0.1) is 0 Å². The van der Waals surface area contributed by atoms with Gasteiger partial charge in [-0.1, -0.05) is 57.5 Å². The van der Waals surface area contributed by atoms with Crippen molar-refractivity contribution < 1.29 is 9.53 Å². The molecule has 25 heavy (non-hydrogen) atoms. The molecule has 1 aromatic rings. The van der Waals surface area contributed by atoms with Gasteiger partial charge in [0.1, 0.15) is 0 Å². The Morgan fingerprint density at radius 3 is 2.44 bits per heavy atom. The molecule has 0 saturated heterocycles. The van der Waals surface area contributed by atoms with E-state index in [1.54, 1.807) is 6.08 Å². The summed E-state index contributed by atoms with van der Waals surface area (Å²) in [5.74, 6) is 0. The Kier molecular flexibility index (Phi) is 9.45. The summed E-state index contributed by atoms with van der Waals surface area (Å²) in [5.41, 5.74) is 4.26. The summed E-state index contributed by atoms with van der Waals surface area (Å²) in [5, 5.41) is 10.3. The summed E-state index contributed by atoms with van der Waals surface area (Å²) >= 11 is 0. The Bertz CT molecular complexity index is 537. The molecule has 1 atom stereocenters. The standard InChI is InChI=1S/C22H36O2Si/c1-22(2,3)25(4,5)24-18-14-9-7-6-8-13-17-21(23)19-20-15-11-10-12-16-20/h8,10-12,15-17,21,23H,6-7,9,14,18-19H2,1-5H3. The summed E-state index contributed by atoms with van der Waals surface area (Å²) in [4.78, 5) is 0. The van der Waals surface area contributed by atoms with Crippen LogP contribution in [0.2, 0.25) is 18.1 Å². The van der Waals surface area contributed by atoms with E-state index in [9.17, 15) is 5.11 Å². The summed E-state index contributed by atoms with van der Waals surface area (Å²) < 4.78 is 6.18. The second-order valence-corrected chi connectivity index (χ2v) is 13.1. The summed E-state index contributed by atoms with van der Waals surface area (Å²) in [6.07, 6.45) is 8.44. The van der Waals surface area contributed by atoms with Gasteiger partial charge in [0, 0.05) is 13.0 Å². The lowest BCUT2D eigenvalue weighted by Gasteiger charge is -2.36.